The molecule has 0 radical (unpaired) electrons. The Kier molecular flexibility index (Phi) is 5.51. The number of aliphatic imine (C=N–C) groups is 1. The van der Waals surface area contributed by atoms with E-state index in [0.717, 1.165) is 27.0 Å². The number of nitrogens with zero attached hydrogens (tertiary/aromatic N) is 2. The van der Waals surface area contributed by atoms with Crippen molar-refractivity contribution < 1.29 is 9.53 Å². The molecule has 1 aliphatic heterocycles. The maximum atomic E-state index is 13.3. The Labute approximate surface area is 182 Å². The molecule has 29 heavy (non-hydrogen) atoms. The fourth-order valence-corrected chi connectivity index (χ4v) is 3.57. The zero-order chi connectivity index (χ0) is 20.4. The third kappa shape index (κ3) is 4.11. The lowest BCUT2D eigenvalue weighted by atomic mass is 10.1. The summed E-state index contributed by atoms with van der Waals surface area (Å²) in [4.78, 5) is 19.6. The van der Waals surface area contributed by atoms with Gasteiger partial charge in [-0.15, -0.1) is 0 Å². The topological polar surface area (TPSA) is 41.9 Å². The van der Waals surface area contributed by atoms with E-state index in [1.807, 2.05) is 60.7 Å². The number of anilines is 1. The molecule has 0 bridgehead atoms. The molecule has 144 valence electrons. The monoisotopic (exact) mass is 466 g/mol. The molecule has 0 saturated carbocycles. The summed E-state index contributed by atoms with van der Waals surface area (Å²) >= 11 is 9.51. The van der Waals surface area contributed by atoms with Gasteiger partial charge in [-0.25, -0.2) is 4.99 Å². The van der Waals surface area contributed by atoms with Crippen molar-refractivity contribution in [2.24, 2.45) is 4.99 Å². The standard InChI is InChI=1S/C23H16BrClN2O2/c1-29-20-7-2-4-15(12-20)13-21-23(28)27(19-6-3-5-17(24)14-19)22(26-21)16-8-10-18(25)11-9-16/h2-14H,1H3/b21-13+. The highest BCUT2D eigenvalue weighted by molar-refractivity contribution is 9.10. The van der Waals surface area contributed by atoms with Crippen LogP contribution in [0.5, 0.6) is 5.75 Å². The highest BCUT2D eigenvalue weighted by Crippen LogP contribution is 2.30. The van der Waals surface area contributed by atoms with Crippen molar-refractivity contribution in [3.63, 3.8) is 0 Å². The van der Waals surface area contributed by atoms with Gasteiger partial charge in [0.15, 0.2) is 0 Å². The number of hydrogen-bond donors (Lipinski definition) is 0. The van der Waals surface area contributed by atoms with E-state index in [1.54, 1.807) is 30.2 Å². The lowest BCUT2D eigenvalue weighted by molar-refractivity contribution is -0.113. The van der Waals surface area contributed by atoms with Gasteiger partial charge in [0, 0.05) is 15.1 Å². The van der Waals surface area contributed by atoms with Crippen molar-refractivity contribution in [3.05, 3.63) is 99.1 Å². The van der Waals surface area contributed by atoms with Crippen LogP contribution in [0.1, 0.15) is 11.1 Å². The van der Waals surface area contributed by atoms with E-state index in [2.05, 4.69) is 20.9 Å². The number of ether oxygens (including phenoxy) is 1. The average molecular weight is 468 g/mol. The Morgan fingerprint density at radius 2 is 1.79 bits per heavy atom. The van der Waals surface area contributed by atoms with Crippen molar-refractivity contribution in [2.45, 2.75) is 0 Å². The molecule has 0 N–H and O–H groups in total. The summed E-state index contributed by atoms with van der Waals surface area (Å²) in [5, 5.41) is 0.625. The fourth-order valence-electron chi connectivity index (χ4n) is 3.05. The van der Waals surface area contributed by atoms with Crippen LogP contribution in [-0.2, 0) is 4.79 Å². The lowest BCUT2D eigenvalue weighted by Crippen LogP contribution is -2.32. The minimum Gasteiger partial charge on any atom is -0.497 e. The number of amidine groups is 1. The predicted molar refractivity (Wildman–Crippen MR) is 121 cm³/mol. The second kappa shape index (κ2) is 8.23. The van der Waals surface area contributed by atoms with E-state index < -0.39 is 0 Å². The van der Waals surface area contributed by atoms with Gasteiger partial charge in [-0.05, 0) is 66.2 Å². The molecule has 1 heterocycles. The molecule has 0 spiro atoms. The third-order valence-corrected chi connectivity index (χ3v) is 5.17. The zero-order valence-electron chi connectivity index (χ0n) is 15.5. The Hall–Kier alpha value is -2.89. The van der Waals surface area contributed by atoms with E-state index in [0.29, 0.717) is 16.6 Å². The van der Waals surface area contributed by atoms with Gasteiger partial charge in [0.25, 0.3) is 5.91 Å². The quantitative estimate of drug-likeness (QED) is 0.445. The molecule has 0 fully saturated rings. The first-order valence-corrected chi connectivity index (χ1v) is 10.0. The summed E-state index contributed by atoms with van der Waals surface area (Å²) in [5.41, 5.74) is 2.72. The van der Waals surface area contributed by atoms with Crippen LogP contribution in [0.2, 0.25) is 5.02 Å². The second-order valence-corrected chi connectivity index (χ2v) is 7.72. The normalized spacial score (nSPS) is 15.0. The molecule has 3 aromatic rings. The molecule has 0 aliphatic carbocycles. The summed E-state index contributed by atoms with van der Waals surface area (Å²) in [6.07, 6.45) is 1.76. The van der Waals surface area contributed by atoms with Crippen LogP contribution < -0.4 is 9.64 Å². The summed E-state index contributed by atoms with van der Waals surface area (Å²) in [7, 11) is 1.61. The van der Waals surface area contributed by atoms with Gasteiger partial charge in [0.1, 0.15) is 17.3 Å². The lowest BCUT2D eigenvalue weighted by Gasteiger charge is -2.18. The maximum absolute atomic E-state index is 13.3. The molecular weight excluding hydrogens is 452 g/mol. The third-order valence-electron chi connectivity index (χ3n) is 4.43. The van der Waals surface area contributed by atoms with Gasteiger partial charge in [0.05, 0.1) is 12.8 Å². The van der Waals surface area contributed by atoms with Crippen molar-refractivity contribution >= 4 is 51.0 Å². The average Bonchev–Trinajstić information content (AvgIpc) is 3.05. The van der Waals surface area contributed by atoms with Crippen LogP contribution in [-0.4, -0.2) is 18.9 Å². The molecular formula is C23H16BrClN2O2. The van der Waals surface area contributed by atoms with Crippen LogP contribution in [0.4, 0.5) is 5.69 Å². The first-order valence-electron chi connectivity index (χ1n) is 8.85. The molecule has 4 nitrogen and oxygen atoms in total. The molecule has 1 aliphatic rings. The van der Waals surface area contributed by atoms with Crippen molar-refractivity contribution in [1.82, 2.24) is 0 Å². The predicted octanol–water partition coefficient (Wildman–Crippen LogP) is 5.95. The number of carbonyl (C=O) groups is 1. The Bertz CT molecular complexity index is 1140. The Balaban J connectivity index is 1.82. The van der Waals surface area contributed by atoms with Gasteiger partial charge >= 0.3 is 0 Å². The number of methoxy groups -OCH3 is 1. The first kappa shape index (κ1) is 19.4. The molecule has 6 heteroatoms. The molecule has 0 atom stereocenters. The van der Waals surface area contributed by atoms with Gasteiger partial charge in [-0.1, -0.05) is 45.7 Å². The summed E-state index contributed by atoms with van der Waals surface area (Å²) in [6.45, 7) is 0. The molecule has 1 amide bonds. The summed E-state index contributed by atoms with van der Waals surface area (Å²) < 4.78 is 6.15. The van der Waals surface area contributed by atoms with Crippen molar-refractivity contribution in [2.75, 3.05) is 12.0 Å². The summed E-state index contributed by atoms with van der Waals surface area (Å²) in [5.74, 6) is 1.07. The van der Waals surface area contributed by atoms with Crippen molar-refractivity contribution in [3.8, 4) is 5.75 Å². The Morgan fingerprint density at radius 1 is 1.03 bits per heavy atom. The van der Waals surface area contributed by atoms with Gasteiger partial charge < -0.3 is 4.74 Å². The molecule has 0 aromatic heterocycles. The van der Waals surface area contributed by atoms with Crippen LogP contribution in [0, 0.1) is 0 Å². The van der Waals surface area contributed by atoms with Gasteiger partial charge in [-0.3, -0.25) is 9.69 Å². The minimum absolute atomic E-state index is 0.198. The fraction of sp³-hybridized carbons (Fsp3) is 0.0435. The van der Waals surface area contributed by atoms with Crippen molar-refractivity contribution in [1.29, 1.82) is 0 Å². The highest BCUT2D eigenvalue weighted by atomic mass is 79.9. The molecule has 3 aromatic carbocycles. The van der Waals surface area contributed by atoms with Gasteiger partial charge in [-0.2, -0.15) is 0 Å². The van der Waals surface area contributed by atoms with E-state index in [9.17, 15) is 4.79 Å². The number of hydrogen-bond acceptors (Lipinski definition) is 3. The molecule has 0 saturated heterocycles. The highest BCUT2D eigenvalue weighted by Gasteiger charge is 2.32. The number of benzene rings is 3. The van der Waals surface area contributed by atoms with Gasteiger partial charge in [0.2, 0.25) is 0 Å². The number of rotatable bonds is 4. The molecule has 4 rings (SSSR count). The van der Waals surface area contributed by atoms with Crippen LogP contribution in [0.15, 0.2) is 88.0 Å². The smallest absolute Gasteiger partial charge is 0.282 e. The zero-order valence-corrected chi connectivity index (χ0v) is 17.8. The number of amides is 1. The largest absolute Gasteiger partial charge is 0.497 e. The van der Waals surface area contributed by atoms with E-state index in [1.165, 1.54) is 0 Å². The van der Waals surface area contributed by atoms with E-state index >= 15 is 0 Å². The molecule has 0 unspecified atom stereocenters. The van der Waals surface area contributed by atoms with E-state index in [-0.39, 0.29) is 5.91 Å². The second-order valence-electron chi connectivity index (χ2n) is 6.37. The Morgan fingerprint density at radius 3 is 2.52 bits per heavy atom. The SMILES string of the molecule is COc1cccc(/C=C2/N=C(c3ccc(Cl)cc3)N(c3cccc(Br)c3)C2=O)c1. The number of carbonyl (C=O) groups excluding carboxylic acids is 1. The van der Waals surface area contributed by atoms with Crippen LogP contribution >= 0.6 is 27.5 Å². The minimum atomic E-state index is -0.198. The first-order chi connectivity index (χ1) is 14.0. The van der Waals surface area contributed by atoms with E-state index in [4.69, 9.17) is 16.3 Å². The van der Waals surface area contributed by atoms with Crippen LogP contribution in [0.25, 0.3) is 6.08 Å². The number of halogens is 2. The van der Waals surface area contributed by atoms with Crippen LogP contribution in [0.3, 0.4) is 0 Å². The maximum Gasteiger partial charge on any atom is 0.282 e. The summed E-state index contributed by atoms with van der Waals surface area (Å²) in [6, 6.07) is 22.3.